The SMILES string of the molecule is CCCC(CCC)NC(=O)c1noc(-c2ccc(C(F)(F)F)cc2)c1CO. The standard InChI is InChI=1S/C19H23F3N2O3/c1-3-5-14(6-4-2)23-18(26)16-15(11-25)17(27-24-16)12-7-9-13(10-8-12)19(20,21)22/h7-10,14,25H,3-6,11H2,1-2H3,(H,23,26). The van der Waals surface area contributed by atoms with Crippen LogP contribution in [0.5, 0.6) is 0 Å². The first kappa shape index (κ1) is 21.0. The van der Waals surface area contributed by atoms with Crippen molar-refractivity contribution in [1.29, 1.82) is 0 Å². The molecular formula is C19H23F3N2O3. The average Bonchev–Trinajstić information content (AvgIpc) is 3.05. The van der Waals surface area contributed by atoms with Crippen LogP contribution >= 0.6 is 0 Å². The summed E-state index contributed by atoms with van der Waals surface area (Å²) in [5, 5.41) is 16.3. The Kier molecular flexibility index (Phi) is 7.01. The van der Waals surface area contributed by atoms with Crippen LogP contribution in [-0.2, 0) is 12.8 Å². The summed E-state index contributed by atoms with van der Waals surface area (Å²) < 4.78 is 43.3. The zero-order valence-corrected chi connectivity index (χ0v) is 15.3. The molecule has 0 aliphatic carbocycles. The van der Waals surface area contributed by atoms with E-state index in [4.69, 9.17) is 4.52 Å². The lowest BCUT2D eigenvalue weighted by atomic mass is 10.0. The van der Waals surface area contributed by atoms with E-state index in [2.05, 4.69) is 10.5 Å². The van der Waals surface area contributed by atoms with Gasteiger partial charge in [0.2, 0.25) is 0 Å². The predicted molar refractivity (Wildman–Crippen MR) is 93.9 cm³/mol. The second-order valence-electron chi connectivity index (χ2n) is 6.32. The molecule has 27 heavy (non-hydrogen) atoms. The number of nitrogens with zero attached hydrogens (tertiary/aromatic N) is 1. The van der Waals surface area contributed by atoms with Gasteiger partial charge >= 0.3 is 6.18 Å². The molecule has 2 rings (SSSR count). The predicted octanol–water partition coefficient (Wildman–Crippen LogP) is 4.55. The Labute approximate surface area is 155 Å². The first-order chi connectivity index (χ1) is 12.8. The van der Waals surface area contributed by atoms with Gasteiger partial charge < -0.3 is 14.9 Å². The van der Waals surface area contributed by atoms with Crippen molar-refractivity contribution in [3.63, 3.8) is 0 Å². The molecule has 1 amide bonds. The number of amides is 1. The molecule has 0 saturated carbocycles. The maximum absolute atomic E-state index is 12.7. The topological polar surface area (TPSA) is 75.4 Å². The number of carbonyl (C=O) groups excluding carboxylic acids is 1. The van der Waals surface area contributed by atoms with Crippen LogP contribution in [0.3, 0.4) is 0 Å². The molecule has 148 valence electrons. The van der Waals surface area contributed by atoms with Crippen molar-refractivity contribution in [3.8, 4) is 11.3 Å². The number of halogens is 3. The number of rotatable bonds is 8. The number of nitrogens with one attached hydrogen (secondary N) is 1. The fourth-order valence-electron chi connectivity index (χ4n) is 2.91. The van der Waals surface area contributed by atoms with Crippen LogP contribution in [0.1, 0.15) is 61.1 Å². The van der Waals surface area contributed by atoms with Crippen LogP contribution in [-0.4, -0.2) is 22.2 Å². The highest BCUT2D eigenvalue weighted by Gasteiger charge is 2.30. The average molecular weight is 384 g/mol. The van der Waals surface area contributed by atoms with E-state index in [-0.39, 0.29) is 23.1 Å². The maximum Gasteiger partial charge on any atom is 0.416 e. The highest BCUT2D eigenvalue weighted by atomic mass is 19.4. The van der Waals surface area contributed by atoms with Crippen LogP contribution in [0.25, 0.3) is 11.3 Å². The first-order valence-corrected chi connectivity index (χ1v) is 8.89. The molecule has 0 radical (unpaired) electrons. The molecule has 8 heteroatoms. The summed E-state index contributed by atoms with van der Waals surface area (Å²) in [6.07, 6.45) is -0.992. The summed E-state index contributed by atoms with van der Waals surface area (Å²) in [4.78, 5) is 12.5. The molecule has 5 nitrogen and oxygen atoms in total. The number of carbonyl (C=O) groups is 1. The molecular weight excluding hydrogens is 361 g/mol. The molecule has 1 aromatic heterocycles. The summed E-state index contributed by atoms with van der Waals surface area (Å²) in [5.41, 5.74) is -0.392. The number of aromatic nitrogens is 1. The van der Waals surface area contributed by atoms with Crippen LogP contribution in [0.2, 0.25) is 0 Å². The van der Waals surface area contributed by atoms with Crippen LogP contribution in [0.4, 0.5) is 13.2 Å². The summed E-state index contributed by atoms with van der Waals surface area (Å²) in [6, 6.07) is 4.27. The highest BCUT2D eigenvalue weighted by Crippen LogP contribution is 2.32. The molecule has 1 heterocycles. The zero-order chi connectivity index (χ0) is 20.0. The van der Waals surface area contributed by atoms with E-state index >= 15 is 0 Å². The molecule has 1 aromatic carbocycles. The van der Waals surface area contributed by atoms with Crippen molar-refractivity contribution in [2.45, 2.75) is 58.4 Å². The van der Waals surface area contributed by atoms with Crippen LogP contribution < -0.4 is 5.32 Å². The normalized spacial score (nSPS) is 11.8. The number of benzene rings is 1. The molecule has 0 saturated heterocycles. The first-order valence-electron chi connectivity index (χ1n) is 8.89. The van der Waals surface area contributed by atoms with Crippen molar-refractivity contribution < 1.29 is 27.6 Å². The second-order valence-corrected chi connectivity index (χ2v) is 6.32. The second kappa shape index (κ2) is 9.03. The summed E-state index contributed by atoms with van der Waals surface area (Å²) >= 11 is 0. The van der Waals surface area contributed by atoms with Gasteiger partial charge in [-0.05, 0) is 25.0 Å². The number of aliphatic hydroxyl groups is 1. The molecule has 0 aliphatic heterocycles. The van der Waals surface area contributed by atoms with Gasteiger partial charge in [-0.25, -0.2) is 0 Å². The van der Waals surface area contributed by atoms with Gasteiger partial charge in [-0.3, -0.25) is 4.79 Å². The number of hydrogen-bond donors (Lipinski definition) is 2. The van der Waals surface area contributed by atoms with E-state index in [9.17, 15) is 23.1 Å². The molecule has 0 spiro atoms. The van der Waals surface area contributed by atoms with E-state index in [1.54, 1.807) is 0 Å². The minimum absolute atomic E-state index is 0.00902. The molecule has 0 atom stereocenters. The van der Waals surface area contributed by atoms with E-state index in [1.807, 2.05) is 13.8 Å². The third-order valence-electron chi connectivity index (χ3n) is 4.25. The lowest BCUT2D eigenvalue weighted by Crippen LogP contribution is -2.35. The fraction of sp³-hybridized carbons (Fsp3) is 0.474. The molecule has 2 aromatic rings. The molecule has 0 bridgehead atoms. The Morgan fingerprint density at radius 2 is 1.78 bits per heavy atom. The van der Waals surface area contributed by atoms with Crippen LogP contribution in [0.15, 0.2) is 28.8 Å². The maximum atomic E-state index is 12.7. The Hall–Kier alpha value is -2.35. The van der Waals surface area contributed by atoms with Crippen LogP contribution in [0, 0.1) is 0 Å². The van der Waals surface area contributed by atoms with Gasteiger partial charge in [0.1, 0.15) is 0 Å². The third-order valence-corrected chi connectivity index (χ3v) is 4.25. The number of hydrogen-bond acceptors (Lipinski definition) is 4. The van der Waals surface area contributed by atoms with Gasteiger partial charge in [-0.15, -0.1) is 0 Å². The van der Waals surface area contributed by atoms with Crippen molar-refractivity contribution in [2.24, 2.45) is 0 Å². The van der Waals surface area contributed by atoms with Gasteiger partial charge in [0.05, 0.1) is 17.7 Å². The van der Waals surface area contributed by atoms with E-state index in [0.717, 1.165) is 37.8 Å². The Morgan fingerprint density at radius 1 is 1.19 bits per heavy atom. The fourth-order valence-corrected chi connectivity index (χ4v) is 2.91. The van der Waals surface area contributed by atoms with Gasteiger partial charge in [-0.2, -0.15) is 13.2 Å². The van der Waals surface area contributed by atoms with Crippen molar-refractivity contribution >= 4 is 5.91 Å². The number of aliphatic hydroxyl groups excluding tert-OH is 1. The van der Waals surface area contributed by atoms with E-state index in [1.165, 1.54) is 12.1 Å². The summed E-state index contributed by atoms with van der Waals surface area (Å²) in [6.45, 7) is 3.52. The van der Waals surface area contributed by atoms with Crippen molar-refractivity contribution in [2.75, 3.05) is 0 Å². The van der Waals surface area contributed by atoms with Gasteiger partial charge in [-0.1, -0.05) is 44.0 Å². The smallest absolute Gasteiger partial charge is 0.391 e. The molecule has 2 N–H and O–H groups in total. The quantitative estimate of drug-likeness (QED) is 0.700. The minimum Gasteiger partial charge on any atom is -0.391 e. The lowest BCUT2D eigenvalue weighted by Gasteiger charge is -2.16. The summed E-state index contributed by atoms with van der Waals surface area (Å²) in [7, 11) is 0. The Bertz CT molecular complexity index is 749. The molecule has 0 unspecified atom stereocenters. The van der Waals surface area contributed by atoms with E-state index < -0.39 is 24.3 Å². The van der Waals surface area contributed by atoms with Crippen molar-refractivity contribution in [3.05, 3.63) is 41.1 Å². The molecule has 0 fully saturated rings. The number of alkyl halides is 3. The minimum atomic E-state index is -4.45. The monoisotopic (exact) mass is 384 g/mol. The summed E-state index contributed by atoms with van der Waals surface area (Å²) in [5.74, 6) is -0.383. The highest BCUT2D eigenvalue weighted by molar-refractivity contribution is 5.95. The largest absolute Gasteiger partial charge is 0.416 e. The Balaban J connectivity index is 2.27. The third kappa shape index (κ3) is 5.09. The zero-order valence-electron chi connectivity index (χ0n) is 15.3. The molecule has 0 aliphatic rings. The lowest BCUT2D eigenvalue weighted by molar-refractivity contribution is -0.137. The Morgan fingerprint density at radius 3 is 2.26 bits per heavy atom. The van der Waals surface area contributed by atoms with Gasteiger partial charge in [0, 0.05) is 11.6 Å². The van der Waals surface area contributed by atoms with E-state index in [0.29, 0.717) is 5.56 Å². The van der Waals surface area contributed by atoms with Crippen molar-refractivity contribution in [1.82, 2.24) is 10.5 Å². The van der Waals surface area contributed by atoms with Gasteiger partial charge in [0.25, 0.3) is 5.91 Å². The van der Waals surface area contributed by atoms with Gasteiger partial charge in [0.15, 0.2) is 11.5 Å².